The Morgan fingerprint density at radius 3 is 2.61 bits per heavy atom. The summed E-state index contributed by atoms with van der Waals surface area (Å²) in [5.74, 6) is 0.995. The van der Waals surface area contributed by atoms with Crippen LogP contribution in [0.1, 0.15) is 26.7 Å². The van der Waals surface area contributed by atoms with E-state index in [1.807, 2.05) is 19.1 Å². The molecule has 0 N–H and O–H groups in total. The number of carbonyl (C=O) groups is 1. The van der Waals surface area contributed by atoms with Crippen molar-refractivity contribution >= 4 is 5.97 Å². The van der Waals surface area contributed by atoms with Crippen LogP contribution in [0.4, 0.5) is 0 Å². The molecule has 4 heteroatoms. The molecule has 0 aliphatic carbocycles. The predicted molar refractivity (Wildman–Crippen MR) is 69.0 cm³/mol. The standard InChI is InChI=1S/C14H20O4/c1-4-7-13(14(15)17-5-2)18-12-9-6-8-11(10-12)16-3/h6,8-10,13H,4-5,7H2,1-3H3. The van der Waals surface area contributed by atoms with Crippen LogP contribution in [-0.2, 0) is 9.53 Å². The second-order valence-corrected chi connectivity index (χ2v) is 3.83. The minimum absolute atomic E-state index is 0.317. The molecule has 0 heterocycles. The van der Waals surface area contributed by atoms with Crippen LogP contribution >= 0.6 is 0 Å². The van der Waals surface area contributed by atoms with E-state index in [1.54, 1.807) is 26.2 Å². The summed E-state index contributed by atoms with van der Waals surface area (Å²) in [6.45, 7) is 4.15. The third-order valence-electron chi connectivity index (χ3n) is 2.42. The summed E-state index contributed by atoms with van der Waals surface area (Å²) in [5.41, 5.74) is 0. The lowest BCUT2D eigenvalue weighted by atomic mass is 10.2. The van der Waals surface area contributed by atoms with Crippen molar-refractivity contribution in [3.8, 4) is 11.5 Å². The van der Waals surface area contributed by atoms with Crippen LogP contribution < -0.4 is 9.47 Å². The molecule has 18 heavy (non-hydrogen) atoms. The van der Waals surface area contributed by atoms with Crippen LogP contribution in [0, 0.1) is 0 Å². The Kier molecular flexibility index (Phi) is 6.05. The molecule has 0 fully saturated rings. The first kappa shape index (κ1) is 14.4. The number of rotatable bonds is 7. The van der Waals surface area contributed by atoms with Gasteiger partial charge in [0.05, 0.1) is 13.7 Å². The number of ether oxygens (including phenoxy) is 3. The van der Waals surface area contributed by atoms with E-state index in [-0.39, 0.29) is 5.97 Å². The van der Waals surface area contributed by atoms with E-state index in [2.05, 4.69) is 0 Å². The topological polar surface area (TPSA) is 44.8 Å². The highest BCUT2D eigenvalue weighted by molar-refractivity contribution is 5.75. The van der Waals surface area contributed by atoms with Crippen LogP contribution in [-0.4, -0.2) is 25.8 Å². The Bertz CT molecular complexity index is 376. The maximum absolute atomic E-state index is 11.7. The first-order valence-corrected chi connectivity index (χ1v) is 6.18. The third kappa shape index (κ3) is 4.28. The van der Waals surface area contributed by atoms with Gasteiger partial charge in [0.25, 0.3) is 0 Å². The molecule has 0 aromatic heterocycles. The smallest absolute Gasteiger partial charge is 0.347 e. The molecule has 0 amide bonds. The Morgan fingerprint density at radius 2 is 2.00 bits per heavy atom. The maximum atomic E-state index is 11.7. The van der Waals surface area contributed by atoms with E-state index in [1.165, 1.54) is 0 Å². The molecule has 1 aromatic rings. The zero-order valence-corrected chi connectivity index (χ0v) is 11.1. The van der Waals surface area contributed by atoms with Crippen LogP contribution in [0.15, 0.2) is 24.3 Å². The highest BCUT2D eigenvalue weighted by Gasteiger charge is 2.20. The lowest BCUT2D eigenvalue weighted by Gasteiger charge is -2.17. The molecule has 0 saturated carbocycles. The summed E-state index contributed by atoms with van der Waals surface area (Å²) >= 11 is 0. The molecule has 0 spiro atoms. The second-order valence-electron chi connectivity index (χ2n) is 3.83. The molecular formula is C14H20O4. The molecule has 0 aliphatic rings. The van der Waals surface area contributed by atoms with Gasteiger partial charge in [0.2, 0.25) is 0 Å². The molecular weight excluding hydrogens is 232 g/mol. The lowest BCUT2D eigenvalue weighted by molar-refractivity contribution is -0.151. The number of hydrogen-bond donors (Lipinski definition) is 0. The second kappa shape index (κ2) is 7.58. The van der Waals surface area contributed by atoms with Gasteiger partial charge in [-0.25, -0.2) is 4.79 Å². The van der Waals surface area contributed by atoms with Crippen molar-refractivity contribution in [1.29, 1.82) is 0 Å². The zero-order chi connectivity index (χ0) is 13.4. The van der Waals surface area contributed by atoms with Gasteiger partial charge in [0.1, 0.15) is 11.5 Å². The predicted octanol–water partition coefficient (Wildman–Crippen LogP) is 2.81. The first-order valence-electron chi connectivity index (χ1n) is 6.18. The van der Waals surface area contributed by atoms with Crippen molar-refractivity contribution in [2.24, 2.45) is 0 Å². The lowest BCUT2D eigenvalue weighted by Crippen LogP contribution is -2.29. The molecule has 100 valence electrons. The van der Waals surface area contributed by atoms with Gasteiger partial charge in [0.15, 0.2) is 6.10 Å². The zero-order valence-electron chi connectivity index (χ0n) is 11.1. The molecule has 1 atom stereocenters. The van der Waals surface area contributed by atoms with Gasteiger partial charge in [-0.2, -0.15) is 0 Å². The van der Waals surface area contributed by atoms with E-state index in [9.17, 15) is 4.79 Å². The monoisotopic (exact) mass is 252 g/mol. The van der Waals surface area contributed by atoms with Gasteiger partial charge in [0, 0.05) is 6.07 Å². The normalized spacial score (nSPS) is 11.7. The van der Waals surface area contributed by atoms with Crippen LogP contribution in [0.25, 0.3) is 0 Å². The number of carbonyl (C=O) groups excluding carboxylic acids is 1. The van der Waals surface area contributed by atoms with E-state index >= 15 is 0 Å². The van der Waals surface area contributed by atoms with Gasteiger partial charge in [-0.3, -0.25) is 0 Å². The number of hydrogen-bond acceptors (Lipinski definition) is 4. The minimum Gasteiger partial charge on any atom is -0.497 e. The molecule has 0 aliphatic heterocycles. The van der Waals surface area contributed by atoms with E-state index in [0.29, 0.717) is 24.5 Å². The largest absolute Gasteiger partial charge is 0.497 e. The molecule has 1 unspecified atom stereocenters. The van der Waals surface area contributed by atoms with Crippen LogP contribution in [0.2, 0.25) is 0 Å². The third-order valence-corrected chi connectivity index (χ3v) is 2.42. The van der Waals surface area contributed by atoms with Gasteiger partial charge in [-0.1, -0.05) is 19.4 Å². The van der Waals surface area contributed by atoms with Crippen LogP contribution in [0.3, 0.4) is 0 Å². The summed E-state index contributed by atoms with van der Waals surface area (Å²) < 4.78 is 15.8. The number of esters is 1. The van der Waals surface area contributed by atoms with Gasteiger partial charge in [-0.15, -0.1) is 0 Å². The fourth-order valence-corrected chi connectivity index (χ4v) is 1.56. The first-order chi connectivity index (χ1) is 8.71. The number of methoxy groups -OCH3 is 1. The van der Waals surface area contributed by atoms with Crippen LogP contribution in [0.5, 0.6) is 11.5 Å². The summed E-state index contributed by atoms with van der Waals surface area (Å²) in [5, 5.41) is 0. The van der Waals surface area contributed by atoms with Crippen molar-refractivity contribution < 1.29 is 19.0 Å². The average Bonchev–Trinajstić information content (AvgIpc) is 2.39. The summed E-state index contributed by atoms with van der Waals surface area (Å²) in [6.07, 6.45) is 0.936. The molecule has 1 rings (SSSR count). The Hall–Kier alpha value is -1.71. The van der Waals surface area contributed by atoms with Crippen molar-refractivity contribution in [3.05, 3.63) is 24.3 Å². The number of benzene rings is 1. The van der Waals surface area contributed by atoms with Crippen molar-refractivity contribution in [3.63, 3.8) is 0 Å². The van der Waals surface area contributed by atoms with Crippen molar-refractivity contribution in [1.82, 2.24) is 0 Å². The molecule has 0 saturated heterocycles. The Morgan fingerprint density at radius 1 is 1.28 bits per heavy atom. The van der Waals surface area contributed by atoms with Gasteiger partial charge < -0.3 is 14.2 Å². The SMILES string of the molecule is CCCC(Oc1cccc(OC)c1)C(=O)OCC. The quantitative estimate of drug-likeness (QED) is 0.700. The summed E-state index contributed by atoms with van der Waals surface area (Å²) in [7, 11) is 1.59. The van der Waals surface area contributed by atoms with Crippen molar-refractivity contribution in [2.45, 2.75) is 32.8 Å². The highest BCUT2D eigenvalue weighted by atomic mass is 16.6. The summed E-state index contributed by atoms with van der Waals surface area (Å²) in [6, 6.07) is 7.20. The molecule has 4 nitrogen and oxygen atoms in total. The van der Waals surface area contributed by atoms with E-state index in [4.69, 9.17) is 14.2 Å². The van der Waals surface area contributed by atoms with Gasteiger partial charge in [-0.05, 0) is 25.5 Å². The molecule has 0 radical (unpaired) electrons. The van der Waals surface area contributed by atoms with Gasteiger partial charge >= 0.3 is 5.97 Å². The Labute approximate surface area is 108 Å². The summed E-state index contributed by atoms with van der Waals surface area (Å²) in [4.78, 5) is 11.7. The molecule has 1 aromatic carbocycles. The maximum Gasteiger partial charge on any atom is 0.347 e. The fraction of sp³-hybridized carbons (Fsp3) is 0.500. The fourth-order valence-electron chi connectivity index (χ4n) is 1.56. The highest BCUT2D eigenvalue weighted by Crippen LogP contribution is 2.21. The van der Waals surface area contributed by atoms with E-state index in [0.717, 1.165) is 6.42 Å². The van der Waals surface area contributed by atoms with E-state index < -0.39 is 6.10 Å². The minimum atomic E-state index is -0.554. The molecule has 0 bridgehead atoms. The van der Waals surface area contributed by atoms with Crippen molar-refractivity contribution in [2.75, 3.05) is 13.7 Å². The average molecular weight is 252 g/mol. The Balaban J connectivity index is 2.72.